The van der Waals surface area contributed by atoms with Gasteiger partial charge in [-0.15, -0.1) is 0 Å². The van der Waals surface area contributed by atoms with Crippen LogP contribution in [0.3, 0.4) is 0 Å². The van der Waals surface area contributed by atoms with E-state index in [4.69, 9.17) is 5.11 Å². The molecule has 0 amide bonds. The van der Waals surface area contributed by atoms with Crippen LogP contribution in [0.25, 0.3) is 0 Å². The highest BCUT2D eigenvalue weighted by atomic mass is 16.3. The first-order valence-electron chi connectivity index (χ1n) is 3.18. The summed E-state index contributed by atoms with van der Waals surface area (Å²) < 4.78 is 0. The zero-order valence-corrected chi connectivity index (χ0v) is 5.54. The molecule has 0 saturated carbocycles. The Balaban J connectivity index is 2.58. The third-order valence-corrected chi connectivity index (χ3v) is 1.35. The quantitative estimate of drug-likeness (QED) is 0.517. The van der Waals surface area contributed by atoms with Crippen LogP contribution in [0.15, 0.2) is 16.8 Å². The van der Waals surface area contributed by atoms with Crippen molar-refractivity contribution in [2.24, 2.45) is 4.99 Å². The van der Waals surface area contributed by atoms with E-state index in [-0.39, 0.29) is 6.10 Å². The zero-order valence-electron chi connectivity index (χ0n) is 5.54. The lowest BCUT2D eigenvalue weighted by atomic mass is 10.2. The third kappa shape index (κ3) is 1.98. The SMILES string of the molecule is CC1=CCCC(O)C=N1. The first-order valence-corrected chi connectivity index (χ1v) is 3.18. The Kier molecular flexibility index (Phi) is 2.01. The Bertz CT molecular complexity index is 149. The molecule has 9 heavy (non-hydrogen) atoms. The summed E-state index contributed by atoms with van der Waals surface area (Å²) in [6, 6.07) is 0. The number of aliphatic hydroxyl groups excluding tert-OH is 1. The van der Waals surface area contributed by atoms with Gasteiger partial charge in [-0.2, -0.15) is 0 Å². The predicted octanol–water partition coefficient (Wildman–Crippen LogP) is 1.12. The van der Waals surface area contributed by atoms with Crippen LogP contribution in [0.4, 0.5) is 0 Å². The number of nitrogens with zero attached hydrogens (tertiary/aromatic N) is 1. The van der Waals surface area contributed by atoms with Crippen LogP contribution in [0.2, 0.25) is 0 Å². The lowest BCUT2D eigenvalue weighted by molar-refractivity contribution is 0.238. The second kappa shape index (κ2) is 2.78. The van der Waals surface area contributed by atoms with Crippen molar-refractivity contribution in [1.29, 1.82) is 0 Å². The summed E-state index contributed by atoms with van der Waals surface area (Å²) >= 11 is 0. The van der Waals surface area contributed by atoms with Gasteiger partial charge >= 0.3 is 0 Å². The van der Waals surface area contributed by atoms with Crippen LogP contribution in [-0.2, 0) is 0 Å². The predicted molar refractivity (Wildman–Crippen MR) is 37.5 cm³/mol. The van der Waals surface area contributed by atoms with Gasteiger partial charge in [0, 0.05) is 11.9 Å². The molecule has 0 aliphatic carbocycles. The molecule has 0 fully saturated rings. The van der Waals surface area contributed by atoms with Crippen molar-refractivity contribution in [3.05, 3.63) is 11.8 Å². The third-order valence-electron chi connectivity index (χ3n) is 1.35. The van der Waals surface area contributed by atoms with Crippen molar-refractivity contribution in [2.75, 3.05) is 0 Å². The van der Waals surface area contributed by atoms with Gasteiger partial charge in [0.05, 0.1) is 6.10 Å². The minimum atomic E-state index is -0.335. The lowest BCUT2D eigenvalue weighted by Crippen LogP contribution is -2.05. The maximum atomic E-state index is 9.02. The van der Waals surface area contributed by atoms with E-state index in [2.05, 4.69) is 4.99 Å². The van der Waals surface area contributed by atoms with Gasteiger partial charge in [0.2, 0.25) is 0 Å². The highest BCUT2D eigenvalue weighted by Crippen LogP contribution is 2.06. The monoisotopic (exact) mass is 125 g/mol. The molecule has 0 spiro atoms. The second-order valence-electron chi connectivity index (χ2n) is 2.27. The number of allylic oxidation sites excluding steroid dienone is 2. The molecule has 1 aliphatic heterocycles. The van der Waals surface area contributed by atoms with Crippen LogP contribution < -0.4 is 0 Å². The van der Waals surface area contributed by atoms with Crippen molar-refractivity contribution >= 4 is 6.21 Å². The van der Waals surface area contributed by atoms with Crippen LogP contribution in [0.5, 0.6) is 0 Å². The van der Waals surface area contributed by atoms with E-state index in [1.807, 2.05) is 13.0 Å². The van der Waals surface area contributed by atoms with Gasteiger partial charge in [-0.1, -0.05) is 6.08 Å². The molecular formula is C7H11NO. The Morgan fingerprint density at radius 3 is 3.33 bits per heavy atom. The normalized spacial score (nSPS) is 27.3. The van der Waals surface area contributed by atoms with Gasteiger partial charge in [-0.25, -0.2) is 0 Å². The van der Waals surface area contributed by atoms with E-state index in [0.29, 0.717) is 0 Å². The molecule has 2 nitrogen and oxygen atoms in total. The molecule has 0 bridgehead atoms. The fourth-order valence-corrected chi connectivity index (χ4v) is 0.794. The van der Waals surface area contributed by atoms with Crippen LogP contribution >= 0.6 is 0 Å². The second-order valence-corrected chi connectivity index (χ2v) is 2.27. The maximum Gasteiger partial charge on any atom is 0.0894 e. The van der Waals surface area contributed by atoms with Crippen LogP contribution in [0, 0.1) is 0 Å². The highest BCUT2D eigenvalue weighted by molar-refractivity contribution is 5.64. The first-order chi connectivity index (χ1) is 4.29. The first kappa shape index (κ1) is 6.49. The molecule has 0 radical (unpaired) electrons. The summed E-state index contributed by atoms with van der Waals surface area (Å²) in [5.41, 5.74) is 1.01. The summed E-state index contributed by atoms with van der Waals surface area (Å²) in [5.74, 6) is 0. The number of aliphatic imine (C=N–C) groups is 1. The van der Waals surface area contributed by atoms with E-state index in [0.717, 1.165) is 18.5 Å². The largest absolute Gasteiger partial charge is 0.387 e. The van der Waals surface area contributed by atoms with Crippen molar-refractivity contribution in [3.63, 3.8) is 0 Å². The summed E-state index contributed by atoms with van der Waals surface area (Å²) in [6.07, 6.45) is 5.04. The Hall–Kier alpha value is -0.630. The molecule has 1 atom stereocenters. The van der Waals surface area contributed by atoms with E-state index < -0.39 is 0 Å². The smallest absolute Gasteiger partial charge is 0.0894 e. The van der Waals surface area contributed by atoms with Gasteiger partial charge in [-0.3, -0.25) is 4.99 Å². The number of hydrogen-bond donors (Lipinski definition) is 1. The number of hydrogen-bond acceptors (Lipinski definition) is 2. The van der Waals surface area contributed by atoms with Crippen LogP contribution in [0.1, 0.15) is 19.8 Å². The minimum absolute atomic E-state index is 0.335. The Labute approximate surface area is 54.9 Å². The van der Waals surface area contributed by atoms with Crippen LogP contribution in [-0.4, -0.2) is 17.4 Å². The molecule has 0 aromatic heterocycles. The molecule has 2 heteroatoms. The van der Waals surface area contributed by atoms with Crippen molar-refractivity contribution in [2.45, 2.75) is 25.9 Å². The maximum absolute atomic E-state index is 9.02. The summed E-state index contributed by atoms with van der Waals surface area (Å²) in [6.45, 7) is 1.94. The minimum Gasteiger partial charge on any atom is -0.387 e. The summed E-state index contributed by atoms with van der Waals surface area (Å²) in [4.78, 5) is 3.99. The Morgan fingerprint density at radius 1 is 1.78 bits per heavy atom. The van der Waals surface area contributed by atoms with Gasteiger partial charge in [0.25, 0.3) is 0 Å². The molecular weight excluding hydrogens is 114 g/mol. The van der Waals surface area contributed by atoms with E-state index >= 15 is 0 Å². The zero-order chi connectivity index (χ0) is 6.69. The molecule has 1 heterocycles. The summed E-state index contributed by atoms with van der Waals surface area (Å²) in [5, 5.41) is 9.02. The molecule has 50 valence electrons. The molecule has 1 unspecified atom stereocenters. The average Bonchev–Trinajstić information content (AvgIpc) is 1.97. The van der Waals surface area contributed by atoms with Gasteiger partial charge in [-0.05, 0) is 19.8 Å². The molecule has 1 aliphatic rings. The van der Waals surface area contributed by atoms with Gasteiger partial charge in [0.15, 0.2) is 0 Å². The lowest BCUT2D eigenvalue weighted by Gasteiger charge is -1.96. The molecule has 1 rings (SSSR count). The Morgan fingerprint density at radius 2 is 2.56 bits per heavy atom. The fraction of sp³-hybridized carbons (Fsp3) is 0.571. The van der Waals surface area contributed by atoms with E-state index in [1.165, 1.54) is 0 Å². The van der Waals surface area contributed by atoms with Gasteiger partial charge < -0.3 is 5.11 Å². The molecule has 0 saturated heterocycles. The van der Waals surface area contributed by atoms with Gasteiger partial charge in [0.1, 0.15) is 0 Å². The van der Waals surface area contributed by atoms with Crippen molar-refractivity contribution in [1.82, 2.24) is 0 Å². The van der Waals surface area contributed by atoms with E-state index in [9.17, 15) is 0 Å². The van der Waals surface area contributed by atoms with Crippen molar-refractivity contribution < 1.29 is 5.11 Å². The topological polar surface area (TPSA) is 32.6 Å². The fourth-order valence-electron chi connectivity index (χ4n) is 0.794. The standard InChI is InChI=1S/C7H11NO/c1-6-3-2-4-7(9)5-8-6/h3,5,7,9H,2,4H2,1H3. The summed E-state index contributed by atoms with van der Waals surface area (Å²) in [7, 11) is 0. The average molecular weight is 125 g/mol. The highest BCUT2D eigenvalue weighted by Gasteiger charge is 2.00. The van der Waals surface area contributed by atoms with Crippen molar-refractivity contribution in [3.8, 4) is 0 Å². The number of aliphatic hydroxyl groups is 1. The molecule has 1 N–H and O–H groups in total. The molecule has 0 aromatic carbocycles. The molecule has 0 aromatic rings. The number of rotatable bonds is 0. The van der Waals surface area contributed by atoms with E-state index in [1.54, 1.807) is 6.21 Å².